The Morgan fingerprint density at radius 3 is 2.47 bits per heavy atom. The van der Waals surface area contributed by atoms with Crippen LogP contribution in [0.5, 0.6) is 0 Å². The maximum absolute atomic E-state index is 11.2. The van der Waals surface area contributed by atoms with Crippen LogP contribution in [0.4, 0.5) is 0 Å². The number of rotatable bonds is 2. The fraction of sp³-hybridized carbons (Fsp3) is 0.364. The van der Waals surface area contributed by atoms with E-state index in [1.807, 2.05) is 26.0 Å². The molecule has 1 atom stereocenters. The molecule has 0 saturated carbocycles. The zero-order valence-electron chi connectivity index (χ0n) is 8.87. The van der Waals surface area contributed by atoms with E-state index in [9.17, 15) is 9.90 Å². The Bertz CT molecular complexity index is 388. The van der Waals surface area contributed by atoms with E-state index in [-0.39, 0.29) is 0 Å². The zero-order valence-corrected chi connectivity index (χ0v) is 10.5. The van der Waals surface area contributed by atoms with Crippen molar-refractivity contribution >= 4 is 21.9 Å². The molecule has 1 aromatic carbocycles. The van der Waals surface area contributed by atoms with Gasteiger partial charge in [0.2, 0.25) is 0 Å². The van der Waals surface area contributed by atoms with E-state index in [0.29, 0.717) is 5.56 Å². The third-order valence-electron chi connectivity index (χ3n) is 2.29. The van der Waals surface area contributed by atoms with Gasteiger partial charge < -0.3 is 9.84 Å². The minimum absolute atomic E-state index is 0.571. The molecular weight excluding hydrogens is 260 g/mol. The van der Waals surface area contributed by atoms with Crippen molar-refractivity contribution in [3.8, 4) is 0 Å². The highest BCUT2D eigenvalue weighted by molar-refractivity contribution is 9.10. The van der Waals surface area contributed by atoms with E-state index in [1.165, 1.54) is 7.11 Å². The van der Waals surface area contributed by atoms with Crippen molar-refractivity contribution in [3.05, 3.63) is 33.3 Å². The van der Waals surface area contributed by atoms with Gasteiger partial charge >= 0.3 is 5.97 Å². The molecule has 1 rings (SSSR count). The Balaban J connectivity index is 3.24. The van der Waals surface area contributed by atoms with Crippen LogP contribution in [0.25, 0.3) is 0 Å². The number of aryl methyl sites for hydroxylation is 2. The Morgan fingerprint density at radius 1 is 1.40 bits per heavy atom. The number of hydrogen-bond acceptors (Lipinski definition) is 3. The fourth-order valence-electron chi connectivity index (χ4n) is 1.36. The number of aliphatic hydroxyl groups is 1. The molecule has 0 heterocycles. The van der Waals surface area contributed by atoms with Gasteiger partial charge in [0.05, 0.1) is 7.11 Å². The summed E-state index contributed by atoms with van der Waals surface area (Å²) in [6, 6.07) is 3.79. The first-order valence-corrected chi connectivity index (χ1v) is 5.29. The first-order chi connectivity index (χ1) is 6.99. The predicted octanol–water partition coefficient (Wildman–Crippen LogP) is 2.27. The second-order valence-corrected chi connectivity index (χ2v) is 4.15. The molecule has 1 N–H and O–H groups in total. The molecule has 0 aliphatic heterocycles. The molecule has 0 aromatic heterocycles. The summed E-state index contributed by atoms with van der Waals surface area (Å²) >= 11 is 3.36. The average molecular weight is 273 g/mol. The summed E-state index contributed by atoms with van der Waals surface area (Å²) in [5.41, 5.74) is 2.39. The van der Waals surface area contributed by atoms with Crippen LogP contribution in [0.15, 0.2) is 16.6 Å². The highest BCUT2D eigenvalue weighted by Gasteiger charge is 2.23. The highest BCUT2D eigenvalue weighted by Crippen LogP contribution is 2.30. The lowest BCUT2D eigenvalue weighted by molar-refractivity contribution is -0.150. The number of methoxy groups -OCH3 is 1. The van der Waals surface area contributed by atoms with Crippen molar-refractivity contribution in [1.82, 2.24) is 0 Å². The zero-order chi connectivity index (χ0) is 11.6. The topological polar surface area (TPSA) is 46.5 Å². The number of halogens is 1. The highest BCUT2D eigenvalue weighted by atomic mass is 79.9. The number of esters is 1. The first-order valence-electron chi connectivity index (χ1n) is 4.50. The van der Waals surface area contributed by atoms with Crippen LogP contribution >= 0.6 is 15.9 Å². The van der Waals surface area contributed by atoms with Crippen molar-refractivity contribution in [3.63, 3.8) is 0 Å². The first kappa shape index (κ1) is 12.2. The van der Waals surface area contributed by atoms with Gasteiger partial charge in [-0.15, -0.1) is 0 Å². The van der Waals surface area contributed by atoms with E-state index < -0.39 is 12.1 Å². The van der Waals surface area contributed by atoms with Gasteiger partial charge in [0, 0.05) is 10.0 Å². The molecule has 1 aromatic rings. The summed E-state index contributed by atoms with van der Waals surface area (Å²) in [5.74, 6) is -0.649. The van der Waals surface area contributed by atoms with Gasteiger partial charge in [0.15, 0.2) is 6.10 Å². The van der Waals surface area contributed by atoms with Crippen molar-refractivity contribution in [2.75, 3.05) is 7.11 Å². The van der Waals surface area contributed by atoms with Crippen LogP contribution in [0, 0.1) is 13.8 Å². The van der Waals surface area contributed by atoms with Crippen LogP contribution in [0.1, 0.15) is 22.8 Å². The molecule has 82 valence electrons. The van der Waals surface area contributed by atoms with Gasteiger partial charge in [0.1, 0.15) is 0 Å². The van der Waals surface area contributed by atoms with Gasteiger partial charge in [0.25, 0.3) is 0 Å². The van der Waals surface area contributed by atoms with Gasteiger partial charge in [-0.3, -0.25) is 0 Å². The lowest BCUT2D eigenvalue weighted by Crippen LogP contribution is -2.15. The number of hydrogen-bond donors (Lipinski definition) is 1. The molecular formula is C11H13BrO3. The summed E-state index contributed by atoms with van der Waals surface area (Å²) in [6.45, 7) is 3.74. The van der Waals surface area contributed by atoms with E-state index in [2.05, 4.69) is 20.7 Å². The van der Waals surface area contributed by atoms with Crippen LogP contribution in [0.3, 0.4) is 0 Å². The second-order valence-electron chi connectivity index (χ2n) is 3.35. The Labute approximate surface area is 97.2 Å². The number of benzene rings is 1. The van der Waals surface area contributed by atoms with Gasteiger partial charge in [-0.25, -0.2) is 4.79 Å². The minimum atomic E-state index is -1.23. The molecule has 0 aliphatic rings. The maximum atomic E-state index is 11.2. The number of aliphatic hydroxyl groups excluding tert-OH is 1. The van der Waals surface area contributed by atoms with Gasteiger partial charge in [-0.05, 0) is 25.0 Å². The second kappa shape index (κ2) is 4.77. The Morgan fingerprint density at radius 2 is 1.93 bits per heavy atom. The molecule has 0 bridgehead atoms. The molecule has 0 amide bonds. The molecule has 0 unspecified atom stereocenters. The monoisotopic (exact) mass is 272 g/mol. The summed E-state index contributed by atoms with van der Waals surface area (Å²) in [7, 11) is 1.25. The molecule has 0 spiro atoms. The van der Waals surface area contributed by atoms with Crippen molar-refractivity contribution < 1.29 is 14.6 Å². The number of carbonyl (C=O) groups excluding carboxylic acids is 1. The maximum Gasteiger partial charge on any atom is 0.339 e. The average Bonchev–Trinajstić information content (AvgIpc) is 2.22. The summed E-state index contributed by atoms with van der Waals surface area (Å²) in [6.07, 6.45) is -1.23. The predicted molar refractivity (Wildman–Crippen MR) is 60.6 cm³/mol. The third kappa shape index (κ3) is 2.38. The van der Waals surface area contributed by atoms with E-state index >= 15 is 0 Å². The van der Waals surface area contributed by atoms with Crippen LogP contribution in [-0.4, -0.2) is 18.2 Å². The van der Waals surface area contributed by atoms with E-state index in [0.717, 1.165) is 15.6 Å². The Hall–Kier alpha value is -0.870. The molecule has 4 heteroatoms. The number of ether oxygens (including phenoxy) is 1. The van der Waals surface area contributed by atoms with Crippen LogP contribution in [0.2, 0.25) is 0 Å². The van der Waals surface area contributed by atoms with E-state index in [4.69, 9.17) is 0 Å². The lowest BCUT2D eigenvalue weighted by Gasteiger charge is -2.15. The summed E-state index contributed by atoms with van der Waals surface area (Å²) in [4.78, 5) is 11.2. The Kier molecular flexibility index (Phi) is 3.88. The standard InChI is InChI=1S/C11H13BrO3/c1-6-4-5-7(2)9(12)8(6)10(13)11(14)15-3/h4-5,10,13H,1-3H3/t10-/m0/s1. The van der Waals surface area contributed by atoms with Crippen molar-refractivity contribution in [2.45, 2.75) is 20.0 Å². The van der Waals surface area contributed by atoms with Crippen LogP contribution in [-0.2, 0) is 9.53 Å². The minimum Gasteiger partial charge on any atom is -0.467 e. The van der Waals surface area contributed by atoms with Crippen molar-refractivity contribution in [1.29, 1.82) is 0 Å². The van der Waals surface area contributed by atoms with E-state index in [1.54, 1.807) is 0 Å². The fourth-order valence-corrected chi connectivity index (χ4v) is 2.03. The molecule has 0 radical (unpaired) electrons. The molecule has 3 nitrogen and oxygen atoms in total. The normalized spacial score (nSPS) is 12.3. The molecule has 0 aliphatic carbocycles. The molecule has 0 fully saturated rings. The summed E-state index contributed by atoms with van der Waals surface area (Å²) in [5, 5.41) is 9.77. The van der Waals surface area contributed by atoms with Crippen molar-refractivity contribution in [2.24, 2.45) is 0 Å². The quantitative estimate of drug-likeness (QED) is 0.841. The molecule has 0 saturated heterocycles. The summed E-state index contributed by atoms with van der Waals surface area (Å²) < 4.78 is 5.26. The van der Waals surface area contributed by atoms with Gasteiger partial charge in [-0.2, -0.15) is 0 Å². The van der Waals surface area contributed by atoms with Crippen LogP contribution < -0.4 is 0 Å². The number of carbonyl (C=O) groups is 1. The third-order valence-corrected chi connectivity index (χ3v) is 3.34. The molecule has 15 heavy (non-hydrogen) atoms. The van der Waals surface area contributed by atoms with Gasteiger partial charge in [-0.1, -0.05) is 28.1 Å². The lowest BCUT2D eigenvalue weighted by atomic mass is 10.0. The SMILES string of the molecule is COC(=O)[C@@H](O)c1c(C)ccc(C)c1Br. The largest absolute Gasteiger partial charge is 0.467 e. The smallest absolute Gasteiger partial charge is 0.339 e.